The maximum Gasteiger partial charge on any atom is 0.132 e. The molecule has 0 aliphatic carbocycles. The number of anilines is 1. The minimum atomic E-state index is 0.812. The molecule has 0 aromatic carbocycles. The molecule has 17 heavy (non-hydrogen) atoms. The summed E-state index contributed by atoms with van der Waals surface area (Å²) < 4.78 is 5.10. The molecule has 1 aliphatic heterocycles. The van der Waals surface area contributed by atoms with Crippen molar-refractivity contribution in [3.05, 3.63) is 18.1 Å². The van der Waals surface area contributed by atoms with Gasteiger partial charge in [-0.25, -0.2) is 9.97 Å². The van der Waals surface area contributed by atoms with Gasteiger partial charge in [0.05, 0.1) is 6.61 Å². The van der Waals surface area contributed by atoms with Gasteiger partial charge in [0.15, 0.2) is 0 Å². The van der Waals surface area contributed by atoms with Gasteiger partial charge in [0.2, 0.25) is 0 Å². The van der Waals surface area contributed by atoms with E-state index >= 15 is 0 Å². The van der Waals surface area contributed by atoms with E-state index in [2.05, 4.69) is 19.8 Å². The van der Waals surface area contributed by atoms with Crippen LogP contribution in [0, 0.1) is 6.92 Å². The fraction of sp³-hybridized carbons (Fsp3) is 0.667. The SMILES string of the molecule is COCCN1CCN(c2ccnc(C)n2)CC1. The van der Waals surface area contributed by atoms with Crippen LogP contribution in [0.2, 0.25) is 0 Å². The van der Waals surface area contributed by atoms with Crippen molar-refractivity contribution in [2.24, 2.45) is 0 Å². The zero-order valence-electron chi connectivity index (χ0n) is 10.6. The largest absolute Gasteiger partial charge is 0.383 e. The summed E-state index contributed by atoms with van der Waals surface area (Å²) in [6, 6.07) is 1.98. The summed E-state index contributed by atoms with van der Waals surface area (Å²) in [6.45, 7) is 7.97. The number of nitrogens with zero attached hydrogens (tertiary/aromatic N) is 4. The van der Waals surface area contributed by atoms with Crippen LogP contribution in [0.15, 0.2) is 12.3 Å². The molecule has 0 amide bonds. The molecule has 1 saturated heterocycles. The first-order valence-corrected chi connectivity index (χ1v) is 6.05. The van der Waals surface area contributed by atoms with Gasteiger partial charge in [-0.05, 0) is 13.0 Å². The molecule has 1 aromatic heterocycles. The Kier molecular flexibility index (Phi) is 4.28. The predicted molar refractivity (Wildman–Crippen MR) is 67.3 cm³/mol. The first-order chi connectivity index (χ1) is 8.29. The van der Waals surface area contributed by atoms with Crippen LogP contribution in [-0.2, 0) is 4.74 Å². The summed E-state index contributed by atoms with van der Waals surface area (Å²) in [5, 5.41) is 0. The molecule has 0 radical (unpaired) electrons. The van der Waals surface area contributed by atoms with Crippen molar-refractivity contribution in [2.75, 3.05) is 51.3 Å². The van der Waals surface area contributed by atoms with Crippen LogP contribution < -0.4 is 4.90 Å². The highest BCUT2D eigenvalue weighted by molar-refractivity contribution is 5.37. The molecule has 1 fully saturated rings. The van der Waals surface area contributed by atoms with Gasteiger partial charge in [-0.3, -0.25) is 4.90 Å². The van der Waals surface area contributed by atoms with Gasteiger partial charge in [0, 0.05) is 46.0 Å². The third-order valence-corrected chi connectivity index (χ3v) is 3.07. The summed E-state index contributed by atoms with van der Waals surface area (Å²) in [6.07, 6.45) is 1.83. The van der Waals surface area contributed by atoms with E-state index in [1.54, 1.807) is 7.11 Å². The molecule has 0 unspecified atom stereocenters. The first-order valence-electron chi connectivity index (χ1n) is 6.05. The van der Waals surface area contributed by atoms with Crippen molar-refractivity contribution in [3.8, 4) is 0 Å². The molecular formula is C12H20N4O. The van der Waals surface area contributed by atoms with E-state index < -0.39 is 0 Å². The normalized spacial score (nSPS) is 17.4. The first kappa shape index (κ1) is 12.3. The van der Waals surface area contributed by atoms with E-state index in [-0.39, 0.29) is 0 Å². The number of ether oxygens (including phenoxy) is 1. The van der Waals surface area contributed by atoms with Crippen molar-refractivity contribution in [3.63, 3.8) is 0 Å². The minimum Gasteiger partial charge on any atom is -0.383 e. The zero-order chi connectivity index (χ0) is 12.1. The van der Waals surface area contributed by atoms with Crippen LogP contribution >= 0.6 is 0 Å². The minimum absolute atomic E-state index is 0.812. The van der Waals surface area contributed by atoms with Crippen LogP contribution in [0.1, 0.15) is 5.82 Å². The van der Waals surface area contributed by atoms with Crippen molar-refractivity contribution < 1.29 is 4.74 Å². The number of hydrogen-bond donors (Lipinski definition) is 0. The number of rotatable bonds is 4. The van der Waals surface area contributed by atoms with Gasteiger partial charge in [-0.1, -0.05) is 0 Å². The Morgan fingerprint density at radius 1 is 1.29 bits per heavy atom. The molecule has 0 bridgehead atoms. The lowest BCUT2D eigenvalue weighted by Gasteiger charge is -2.35. The number of aromatic nitrogens is 2. The monoisotopic (exact) mass is 236 g/mol. The Morgan fingerprint density at radius 2 is 2.06 bits per heavy atom. The number of piperazine rings is 1. The highest BCUT2D eigenvalue weighted by Gasteiger charge is 2.17. The summed E-state index contributed by atoms with van der Waals surface area (Å²) in [4.78, 5) is 13.3. The Balaban J connectivity index is 1.86. The smallest absolute Gasteiger partial charge is 0.132 e. The molecule has 2 heterocycles. The van der Waals surface area contributed by atoms with E-state index in [1.165, 1.54) is 0 Å². The van der Waals surface area contributed by atoms with Gasteiger partial charge >= 0.3 is 0 Å². The molecule has 5 heteroatoms. The third-order valence-electron chi connectivity index (χ3n) is 3.07. The van der Waals surface area contributed by atoms with Crippen molar-refractivity contribution in [1.29, 1.82) is 0 Å². The molecular weight excluding hydrogens is 216 g/mol. The fourth-order valence-electron chi connectivity index (χ4n) is 2.04. The lowest BCUT2D eigenvalue weighted by atomic mass is 10.3. The molecule has 1 aliphatic rings. The summed E-state index contributed by atoms with van der Waals surface area (Å²) >= 11 is 0. The molecule has 0 atom stereocenters. The molecule has 0 N–H and O–H groups in total. The molecule has 0 saturated carbocycles. The van der Waals surface area contributed by atoms with E-state index in [9.17, 15) is 0 Å². The van der Waals surface area contributed by atoms with E-state index in [4.69, 9.17) is 4.74 Å². The fourth-order valence-corrected chi connectivity index (χ4v) is 2.04. The van der Waals surface area contributed by atoms with Gasteiger partial charge in [-0.15, -0.1) is 0 Å². The number of methoxy groups -OCH3 is 1. The lowest BCUT2D eigenvalue weighted by Crippen LogP contribution is -2.47. The predicted octanol–water partition coefficient (Wildman–Crippen LogP) is 0.553. The number of aryl methyl sites for hydroxylation is 1. The van der Waals surface area contributed by atoms with E-state index in [0.29, 0.717) is 0 Å². The maximum absolute atomic E-state index is 5.10. The van der Waals surface area contributed by atoms with Crippen LogP contribution in [0.4, 0.5) is 5.82 Å². The van der Waals surface area contributed by atoms with Gasteiger partial charge in [0.25, 0.3) is 0 Å². The van der Waals surface area contributed by atoms with Crippen LogP contribution in [0.5, 0.6) is 0 Å². The van der Waals surface area contributed by atoms with E-state index in [0.717, 1.165) is 51.0 Å². The van der Waals surface area contributed by atoms with E-state index in [1.807, 2.05) is 19.2 Å². The second-order valence-corrected chi connectivity index (χ2v) is 4.28. The molecule has 0 spiro atoms. The Hall–Kier alpha value is -1.20. The van der Waals surface area contributed by atoms with Crippen LogP contribution in [-0.4, -0.2) is 61.3 Å². The standard InChI is InChI=1S/C12H20N4O/c1-11-13-4-3-12(14-11)16-7-5-15(6-8-16)9-10-17-2/h3-4H,5-10H2,1-2H3. The zero-order valence-corrected chi connectivity index (χ0v) is 10.6. The summed E-state index contributed by atoms with van der Waals surface area (Å²) in [5.41, 5.74) is 0. The lowest BCUT2D eigenvalue weighted by molar-refractivity contribution is 0.144. The Labute approximate surface area is 102 Å². The van der Waals surface area contributed by atoms with Gasteiger partial charge in [-0.2, -0.15) is 0 Å². The average molecular weight is 236 g/mol. The number of hydrogen-bond acceptors (Lipinski definition) is 5. The molecule has 94 valence electrons. The van der Waals surface area contributed by atoms with Gasteiger partial charge < -0.3 is 9.64 Å². The van der Waals surface area contributed by atoms with Crippen molar-refractivity contribution in [2.45, 2.75) is 6.92 Å². The van der Waals surface area contributed by atoms with Crippen molar-refractivity contribution >= 4 is 5.82 Å². The van der Waals surface area contributed by atoms with Gasteiger partial charge in [0.1, 0.15) is 11.6 Å². The topological polar surface area (TPSA) is 41.5 Å². The Bertz CT molecular complexity index is 350. The second-order valence-electron chi connectivity index (χ2n) is 4.28. The summed E-state index contributed by atoms with van der Waals surface area (Å²) in [5.74, 6) is 1.88. The Morgan fingerprint density at radius 3 is 2.71 bits per heavy atom. The highest BCUT2D eigenvalue weighted by atomic mass is 16.5. The molecule has 5 nitrogen and oxygen atoms in total. The molecule has 1 aromatic rings. The second kappa shape index (κ2) is 5.93. The summed E-state index contributed by atoms with van der Waals surface area (Å²) in [7, 11) is 1.75. The van der Waals surface area contributed by atoms with Crippen molar-refractivity contribution in [1.82, 2.24) is 14.9 Å². The quantitative estimate of drug-likeness (QED) is 0.764. The average Bonchev–Trinajstić information content (AvgIpc) is 2.37. The maximum atomic E-state index is 5.10. The van der Waals surface area contributed by atoms with Crippen LogP contribution in [0.25, 0.3) is 0 Å². The third kappa shape index (κ3) is 3.38. The van der Waals surface area contributed by atoms with Crippen LogP contribution in [0.3, 0.4) is 0 Å². The highest BCUT2D eigenvalue weighted by Crippen LogP contribution is 2.12. The molecule has 2 rings (SSSR count).